The van der Waals surface area contributed by atoms with Crippen molar-refractivity contribution in [1.82, 2.24) is 14.5 Å². The van der Waals surface area contributed by atoms with E-state index in [1.165, 1.54) is 18.3 Å². The van der Waals surface area contributed by atoms with E-state index in [1.54, 1.807) is 48.1 Å². The number of benzene rings is 2. The topological polar surface area (TPSA) is 93.9 Å². The fraction of sp³-hybridized carbons (Fsp3) is 0.190. The molecule has 1 N–H and O–H groups in total. The number of aromatic carboxylic acids is 1. The monoisotopic (exact) mass is 427 g/mol. The van der Waals surface area contributed by atoms with Gasteiger partial charge in [0.05, 0.1) is 49.3 Å². The van der Waals surface area contributed by atoms with Gasteiger partial charge >= 0.3 is 5.97 Å². The molecule has 1 aromatic heterocycles. The number of amides is 1. The number of carboxylic acid groups (broad SMARTS) is 1. The van der Waals surface area contributed by atoms with Crippen LogP contribution in [0, 0.1) is 0 Å². The fourth-order valence-corrected chi connectivity index (χ4v) is 3.81. The Morgan fingerprint density at radius 1 is 1.23 bits per heavy atom. The molecule has 8 nitrogen and oxygen atoms in total. The molecule has 0 fully saturated rings. The summed E-state index contributed by atoms with van der Waals surface area (Å²) < 4.78 is 12.3. The third-order valence-electron chi connectivity index (χ3n) is 5.02. The number of ether oxygens (including phenoxy) is 2. The molecule has 0 atom stereocenters. The van der Waals surface area contributed by atoms with E-state index in [2.05, 4.69) is 4.98 Å². The summed E-state index contributed by atoms with van der Waals surface area (Å²) in [6.07, 6.45) is 1.40. The maximum absolute atomic E-state index is 13.4. The molecule has 0 radical (unpaired) electrons. The molecule has 1 aliphatic heterocycles. The van der Waals surface area contributed by atoms with Crippen LogP contribution in [0.2, 0.25) is 5.02 Å². The Labute approximate surface area is 177 Å². The first-order valence-electron chi connectivity index (χ1n) is 9.03. The highest BCUT2D eigenvalue weighted by Gasteiger charge is 2.32. The van der Waals surface area contributed by atoms with Crippen LogP contribution in [0.25, 0.3) is 5.69 Å². The Bertz CT molecular complexity index is 1160. The minimum absolute atomic E-state index is 0.0423. The molecule has 9 heteroatoms. The lowest BCUT2D eigenvalue weighted by Crippen LogP contribution is -2.30. The largest absolute Gasteiger partial charge is 0.497 e. The highest BCUT2D eigenvalue weighted by molar-refractivity contribution is 6.34. The van der Waals surface area contributed by atoms with Crippen LogP contribution < -0.4 is 9.47 Å². The van der Waals surface area contributed by atoms with Gasteiger partial charge in [0.25, 0.3) is 5.91 Å². The molecular weight excluding hydrogens is 410 g/mol. The predicted molar refractivity (Wildman–Crippen MR) is 109 cm³/mol. The zero-order chi connectivity index (χ0) is 21.4. The summed E-state index contributed by atoms with van der Waals surface area (Å²) in [7, 11) is 3.09. The summed E-state index contributed by atoms with van der Waals surface area (Å²) in [5.41, 5.74) is 1.81. The Balaban J connectivity index is 1.84. The lowest BCUT2D eigenvalue weighted by atomic mass is 10.1. The van der Waals surface area contributed by atoms with Crippen LogP contribution in [0.1, 0.15) is 32.1 Å². The summed E-state index contributed by atoms with van der Waals surface area (Å²) in [5.74, 6) is -0.299. The average Bonchev–Trinajstić information content (AvgIpc) is 3.11. The SMILES string of the molecule is COc1ccc(CN2Cc3c(C(=O)O)ncn3-c3cccc(Cl)c3C2=O)c(OC)c1. The number of hydrogen-bond acceptors (Lipinski definition) is 5. The summed E-state index contributed by atoms with van der Waals surface area (Å²) >= 11 is 6.37. The number of hydrogen-bond donors (Lipinski definition) is 1. The van der Waals surface area contributed by atoms with Crippen molar-refractivity contribution in [2.45, 2.75) is 13.1 Å². The van der Waals surface area contributed by atoms with Crippen molar-refractivity contribution in [3.63, 3.8) is 0 Å². The molecule has 1 amide bonds. The minimum atomic E-state index is -1.16. The fourth-order valence-electron chi connectivity index (χ4n) is 3.56. The van der Waals surface area contributed by atoms with Crippen LogP contribution in [0.5, 0.6) is 11.5 Å². The number of carbonyl (C=O) groups is 2. The lowest BCUT2D eigenvalue weighted by Gasteiger charge is -2.23. The molecular formula is C21H18ClN3O5. The normalized spacial score (nSPS) is 12.8. The molecule has 0 spiro atoms. The molecule has 2 aromatic carbocycles. The number of carbonyl (C=O) groups excluding carboxylic acids is 1. The second kappa shape index (κ2) is 7.72. The van der Waals surface area contributed by atoms with Gasteiger partial charge in [-0.15, -0.1) is 0 Å². The van der Waals surface area contributed by atoms with E-state index in [4.69, 9.17) is 21.1 Å². The van der Waals surface area contributed by atoms with E-state index in [1.807, 2.05) is 0 Å². The lowest BCUT2D eigenvalue weighted by molar-refractivity contribution is 0.0675. The number of fused-ring (bicyclic) bond motifs is 3. The molecule has 3 aromatic rings. The average molecular weight is 428 g/mol. The number of methoxy groups -OCH3 is 2. The summed E-state index contributed by atoms with van der Waals surface area (Å²) in [4.78, 5) is 30.7. The first kappa shape index (κ1) is 19.8. The van der Waals surface area contributed by atoms with E-state index in [9.17, 15) is 14.7 Å². The number of nitrogens with zero attached hydrogens (tertiary/aromatic N) is 3. The van der Waals surface area contributed by atoms with E-state index < -0.39 is 5.97 Å². The van der Waals surface area contributed by atoms with Crippen LogP contribution in [-0.4, -0.2) is 45.7 Å². The van der Waals surface area contributed by atoms with Gasteiger partial charge < -0.3 is 19.5 Å². The first-order valence-corrected chi connectivity index (χ1v) is 9.41. The van der Waals surface area contributed by atoms with Crippen LogP contribution in [0.3, 0.4) is 0 Å². The van der Waals surface area contributed by atoms with Crippen LogP contribution >= 0.6 is 11.6 Å². The smallest absolute Gasteiger partial charge is 0.356 e. The number of imidazole rings is 1. The van der Waals surface area contributed by atoms with Gasteiger partial charge in [-0.2, -0.15) is 0 Å². The maximum Gasteiger partial charge on any atom is 0.356 e. The number of carboxylic acids is 1. The summed E-state index contributed by atoms with van der Waals surface area (Å²) in [5, 5.41) is 9.85. The standard InChI is InChI=1S/C21H18ClN3O5/c1-29-13-7-6-12(17(8-13)30-2)9-24-10-16-19(21(27)28)23-11-25(16)15-5-3-4-14(22)18(15)20(24)26/h3-8,11H,9-10H2,1-2H3,(H,27,28). The van der Waals surface area contributed by atoms with Crippen molar-refractivity contribution < 1.29 is 24.2 Å². The Morgan fingerprint density at radius 3 is 2.73 bits per heavy atom. The molecule has 0 saturated heterocycles. The van der Waals surface area contributed by atoms with Crippen LogP contribution in [-0.2, 0) is 13.1 Å². The molecule has 0 aliphatic carbocycles. The van der Waals surface area contributed by atoms with Crippen LogP contribution in [0.15, 0.2) is 42.7 Å². The molecule has 154 valence electrons. The number of rotatable bonds is 5. The third-order valence-corrected chi connectivity index (χ3v) is 5.33. The molecule has 0 unspecified atom stereocenters. The third kappa shape index (κ3) is 3.25. The quantitative estimate of drug-likeness (QED) is 0.670. The maximum atomic E-state index is 13.4. The summed E-state index contributed by atoms with van der Waals surface area (Å²) in [6.45, 7) is 0.224. The van der Waals surface area contributed by atoms with Crippen molar-refractivity contribution in [2.75, 3.05) is 14.2 Å². The van der Waals surface area contributed by atoms with Gasteiger partial charge in [-0.3, -0.25) is 9.36 Å². The highest BCUT2D eigenvalue weighted by Crippen LogP contribution is 2.33. The van der Waals surface area contributed by atoms with Crippen molar-refractivity contribution in [1.29, 1.82) is 0 Å². The molecule has 2 heterocycles. The molecule has 0 bridgehead atoms. The van der Waals surface area contributed by atoms with Gasteiger partial charge in [0.1, 0.15) is 17.8 Å². The Hall–Kier alpha value is -3.52. The van der Waals surface area contributed by atoms with Crippen LogP contribution in [0.4, 0.5) is 0 Å². The van der Waals surface area contributed by atoms with Crippen molar-refractivity contribution in [3.05, 3.63) is 70.3 Å². The predicted octanol–water partition coefficient (Wildman–Crippen LogP) is 3.40. The van der Waals surface area contributed by atoms with E-state index in [0.29, 0.717) is 28.4 Å². The van der Waals surface area contributed by atoms with E-state index >= 15 is 0 Å². The summed E-state index contributed by atoms with van der Waals surface area (Å²) in [6, 6.07) is 10.4. The number of halogens is 1. The van der Waals surface area contributed by atoms with E-state index in [0.717, 1.165) is 5.56 Å². The van der Waals surface area contributed by atoms with Gasteiger partial charge in [-0.25, -0.2) is 9.78 Å². The van der Waals surface area contributed by atoms with Gasteiger partial charge in [-0.05, 0) is 24.3 Å². The zero-order valence-corrected chi connectivity index (χ0v) is 17.0. The van der Waals surface area contributed by atoms with Crippen molar-refractivity contribution in [2.24, 2.45) is 0 Å². The van der Waals surface area contributed by atoms with E-state index in [-0.39, 0.29) is 29.7 Å². The number of aromatic nitrogens is 2. The Kier molecular flexibility index (Phi) is 5.09. The second-order valence-corrected chi connectivity index (χ2v) is 7.10. The Morgan fingerprint density at radius 2 is 2.03 bits per heavy atom. The molecule has 0 saturated carbocycles. The minimum Gasteiger partial charge on any atom is -0.497 e. The van der Waals surface area contributed by atoms with Crippen molar-refractivity contribution in [3.8, 4) is 17.2 Å². The van der Waals surface area contributed by atoms with Gasteiger partial charge in [-0.1, -0.05) is 17.7 Å². The van der Waals surface area contributed by atoms with Crippen molar-refractivity contribution >= 4 is 23.5 Å². The van der Waals surface area contributed by atoms with Gasteiger partial charge in [0.15, 0.2) is 5.69 Å². The first-order chi connectivity index (χ1) is 14.4. The highest BCUT2D eigenvalue weighted by atomic mass is 35.5. The zero-order valence-electron chi connectivity index (χ0n) is 16.3. The van der Waals surface area contributed by atoms with Gasteiger partial charge in [0, 0.05) is 11.6 Å². The van der Waals surface area contributed by atoms with Gasteiger partial charge in [0.2, 0.25) is 0 Å². The molecule has 30 heavy (non-hydrogen) atoms. The molecule has 1 aliphatic rings. The second-order valence-electron chi connectivity index (χ2n) is 6.69. The molecule has 4 rings (SSSR count).